The average molecular weight is 382 g/mol. The number of fused-ring (bicyclic) bond motifs is 4. The first-order valence-electron chi connectivity index (χ1n) is 9.19. The molecule has 3 aromatic carbocycles. The van der Waals surface area contributed by atoms with E-state index >= 15 is 0 Å². The predicted molar refractivity (Wildman–Crippen MR) is 115 cm³/mol. The number of carbonyl (C=O) groups is 1. The fourth-order valence-electron chi connectivity index (χ4n) is 3.60. The Morgan fingerprint density at radius 1 is 0.897 bits per heavy atom. The number of rotatable bonds is 3. The zero-order valence-corrected chi connectivity index (χ0v) is 15.4. The molecule has 7 nitrogen and oxygen atoms in total. The van der Waals surface area contributed by atoms with Crippen molar-refractivity contribution < 1.29 is 4.79 Å². The molecule has 0 bridgehead atoms. The molecule has 0 aliphatic carbocycles. The fraction of sp³-hybridized carbons (Fsp3) is 0.0455. The van der Waals surface area contributed by atoms with Crippen molar-refractivity contribution in [1.29, 1.82) is 0 Å². The van der Waals surface area contributed by atoms with E-state index in [1.165, 1.54) is 0 Å². The fourth-order valence-corrected chi connectivity index (χ4v) is 3.60. The van der Waals surface area contributed by atoms with Crippen LogP contribution in [0.1, 0.15) is 15.9 Å². The van der Waals surface area contributed by atoms with Crippen LogP contribution in [0.5, 0.6) is 0 Å². The lowest BCUT2D eigenvalue weighted by molar-refractivity contribution is 0.0951. The summed E-state index contributed by atoms with van der Waals surface area (Å²) >= 11 is 0. The molecule has 0 atom stereocenters. The van der Waals surface area contributed by atoms with Gasteiger partial charge >= 0.3 is 0 Å². The Kier molecular flexibility index (Phi) is 3.80. The summed E-state index contributed by atoms with van der Waals surface area (Å²) in [4.78, 5) is 24.2. The number of nitrogens with zero attached hydrogens (tertiary/aromatic N) is 2. The molecule has 0 fully saturated rings. The van der Waals surface area contributed by atoms with Crippen LogP contribution in [-0.2, 0) is 6.54 Å². The minimum absolute atomic E-state index is 0.128. The number of amides is 1. The lowest BCUT2D eigenvalue weighted by atomic mass is 10.1. The number of hydrogen-bond donors (Lipinski definition) is 4. The molecule has 2 heterocycles. The highest BCUT2D eigenvalue weighted by atomic mass is 16.1. The SMILES string of the molecule is Nc1nc(N)c2ccc(CNC(=O)c3ccc4[nH]c5ccccc5c4c3)cc2n1. The van der Waals surface area contributed by atoms with Gasteiger partial charge in [-0.1, -0.05) is 24.3 Å². The number of hydrogen-bond acceptors (Lipinski definition) is 5. The highest BCUT2D eigenvalue weighted by Crippen LogP contribution is 2.26. The molecule has 7 heteroatoms. The maximum absolute atomic E-state index is 12.7. The highest BCUT2D eigenvalue weighted by molar-refractivity contribution is 6.10. The van der Waals surface area contributed by atoms with Gasteiger partial charge in [0.05, 0.1) is 5.52 Å². The Bertz CT molecular complexity index is 1410. The summed E-state index contributed by atoms with van der Waals surface area (Å²) in [7, 11) is 0. The van der Waals surface area contributed by atoms with Crippen LogP contribution in [0, 0.1) is 0 Å². The molecular weight excluding hydrogens is 364 g/mol. The number of carbonyl (C=O) groups excluding carboxylic acids is 1. The first kappa shape index (κ1) is 17.0. The first-order valence-corrected chi connectivity index (χ1v) is 9.19. The largest absolute Gasteiger partial charge is 0.383 e. The quantitative estimate of drug-likeness (QED) is 0.381. The van der Waals surface area contributed by atoms with E-state index in [1.807, 2.05) is 60.7 Å². The molecule has 0 aliphatic rings. The molecule has 6 N–H and O–H groups in total. The van der Waals surface area contributed by atoms with Crippen LogP contribution in [0.4, 0.5) is 11.8 Å². The third-order valence-electron chi connectivity index (χ3n) is 5.03. The van der Waals surface area contributed by atoms with E-state index in [1.54, 1.807) is 0 Å². The number of aromatic nitrogens is 3. The van der Waals surface area contributed by atoms with Gasteiger partial charge in [-0.3, -0.25) is 4.79 Å². The van der Waals surface area contributed by atoms with E-state index in [0.29, 0.717) is 23.4 Å². The Labute approximate surface area is 165 Å². The van der Waals surface area contributed by atoms with Gasteiger partial charge in [0.2, 0.25) is 5.95 Å². The summed E-state index contributed by atoms with van der Waals surface area (Å²) in [5.41, 5.74) is 15.8. The molecule has 0 spiro atoms. The van der Waals surface area contributed by atoms with E-state index in [9.17, 15) is 4.79 Å². The van der Waals surface area contributed by atoms with Crippen molar-refractivity contribution >= 4 is 50.4 Å². The molecule has 1 amide bonds. The van der Waals surface area contributed by atoms with Crippen LogP contribution in [0.3, 0.4) is 0 Å². The highest BCUT2D eigenvalue weighted by Gasteiger charge is 2.10. The molecule has 0 aliphatic heterocycles. The van der Waals surface area contributed by atoms with Crippen molar-refractivity contribution in [2.75, 3.05) is 11.5 Å². The molecule has 0 radical (unpaired) electrons. The maximum atomic E-state index is 12.7. The van der Waals surface area contributed by atoms with Gasteiger partial charge in [0.1, 0.15) is 5.82 Å². The van der Waals surface area contributed by atoms with E-state index in [-0.39, 0.29) is 11.9 Å². The number of para-hydroxylation sites is 1. The number of nitrogens with one attached hydrogen (secondary N) is 2. The summed E-state index contributed by atoms with van der Waals surface area (Å²) in [6.45, 7) is 0.366. The summed E-state index contributed by atoms with van der Waals surface area (Å²) in [6.07, 6.45) is 0. The third-order valence-corrected chi connectivity index (χ3v) is 5.03. The number of nitrogens with two attached hydrogens (primary N) is 2. The van der Waals surface area contributed by atoms with Gasteiger partial charge in [0, 0.05) is 39.3 Å². The van der Waals surface area contributed by atoms with Crippen molar-refractivity contribution in [3.63, 3.8) is 0 Å². The lowest BCUT2D eigenvalue weighted by Gasteiger charge is -2.08. The minimum atomic E-state index is -0.140. The number of anilines is 2. The second-order valence-electron chi connectivity index (χ2n) is 6.93. The van der Waals surface area contributed by atoms with Crippen LogP contribution in [0.25, 0.3) is 32.7 Å². The molecule has 0 saturated heterocycles. The minimum Gasteiger partial charge on any atom is -0.383 e. The number of aromatic amines is 1. The number of nitrogen functional groups attached to an aromatic ring is 2. The Hall–Kier alpha value is -4.13. The van der Waals surface area contributed by atoms with Crippen molar-refractivity contribution in [2.24, 2.45) is 0 Å². The third kappa shape index (κ3) is 2.98. The average Bonchev–Trinajstić information content (AvgIpc) is 3.09. The van der Waals surface area contributed by atoms with Crippen molar-refractivity contribution in [2.45, 2.75) is 6.54 Å². The monoisotopic (exact) mass is 382 g/mol. The molecule has 2 aromatic heterocycles. The molecule has 0 saturated carbocycles. The standard InChI is InChI=1S/C22H18N6O/c23-20-15-7-5-12(9-19(15)27-22(24)28-20)11-25-21(29)13-6-8-18-16(10-13)14-3-1-2-4-17(14)26-18/h1-10,26H,11H2,(H,25,29)(H4,23,24,27,28). The van der Waals surface area contributed by atoms with Crippen molar-refractivity contribution in [1.82, 2.24) is 20.3 Å². The summed E-state index contributed by atoms with van der Waals surface area (Å²) in [6, 6.07) is 19.3. The molecule has 5 rings (SSSR count). The van der Waals surface area contributed by atoms with Crippen LogP contribution in [0.15, 0.2) is 60.7 Å². The van der Waals surface area contributed by atoms with Gasteiger partial charge in [0.25, 0.3) is 5.91 Å². The van der Waals surface area contributed by atoms with Crippen LogP contribution >= 0.6 is 0 Å². The van der Waals surface area contributed by atoms with Gasteiger partial charge in [-0.15, -0.1) is 0 Å². The lowest BCUT2D eigenvalue weighted by Crippen LogP contribution is -2.22. The first-order chi connectivity index (χ1) is 14.1. The van der Waals surface area contributed by atoms with Crippen molar-refractivity contribution in [3.8, 4) is 0 Å². The van der Waals surface area contributed by atoms with Gasteiger partial charge in [0.15, 0.2) is 0 Å². The number of benzene rings is 3. The van der Waals surface area contributed by atoms with E-state index in [0.717, 1.165) is 32.8 Å². The van der Waals surface area contributed by atoms with Crippen molar-refractivity contribution in [3.05, 3.63) is 71.8 Å². The predicted octanol–water partition coefficient (Wildman–Crippen LogP) is 3.36. The van der Waals surface area contributed by atoms with Crippen LogP contribution in [-0.4, -0.2) is 20.9 Å². The summed E-state index contributed by atoms with van der Waals surface area (Å²) < 4.78 is 0. The molecule has 142 valence electrons. The maximum Gasteiger partial charge on any atom is 0.251 e. The molecule has 29 heavy (non-hydrogen) atoms. The van der Waals surface area contributed by atoms with E-state index in [4.69, 9.17) is 11.5 Å². The van der Waals surface area contributed by atoms with E-state index < -0.39 is 0 Å². The summed E-state index contributed by atoms with van der Waals surface area (Å²) in [5, 5.41) is 5.82. The van der Waals surface area contributed by atoms with Crippen LogP contribution in [0.2, 0.25) is 0 Å². The second-order valence-corrected chi connectivity index (χ2v) is 6.93. The van der Waals surface area contributed by atoms with Gasteiger partial charge in [-0.25, -0.2) is 4.98 Å². The topological polar surface area (TPSA) is 123 Å². The van der Waals surface area contributed by atoms with Gasteiger partial charge < -0.3 is 21.8 Å². The smallest absolute Gasteiger partial charge is 0.251 e. The summed E-state index contributed by atoms with van der Waals surface area (Å²) in [5.74, 6) is 0.331. The molecule has 0 unspecified atom stereocenters. The van der Waals surface area contributed by atoms with Crippen LogP contribution < -0.4 is 16.8 Å². The Balaban J connectivity index is 1.40. The van der Waals surface area contributed by atoms with E-state index in [2.05, 4.69) is 20.3 Å². The van der Waals surface area contributed by atoms with Gasteiger partial charge in [-0.05, 0) is 42.0 Å². The second kappa shape index (κ2) is 6.49. The zero-order valence-electron chi connectivity index (χ0n) is 15.4. The normalized spacial score (nSPS) is 11.3. The molecule has 5 aromatic rings. The Morgan fingerprint density at radius 2 is 1.72 bits per heavy atom. The Morgan fingerprint density at radius 3 is 2.62 bits per heavy atom. The van der Waals surface area contributed by atoms with Gasteiger partial charge in [-0.2, -0.15) is 4.98 Å². The molecular formula is C22H18N6O. The zero-order chi connectivity index (χ0) is 20.0. The number of H-pyrrole nitrogens is 1.